The summed E-state index contributed by atoms with van der Waals surface area (Å²) in [7, 11) is 0. The van der Waals surface area contributed by atoms with E-state index in [0.717, 1.165) is 5.39 Å². The maximum atomic E-state index is 12.2. The van der Waals surface area contributed by atoms with Gasteiger partial charge in [0, 0.05) is 29.1 Å². The number of benzene rings is 1. The number of rotatable bonds is 2. The minimum Gasteiger partial charge on any atom is -0.478 e. The average molecular weight is 265 g/mol. The van der Waals surface area contributed by atoms with Crippen LogP contribution in [0.1, 0.15) is 12.0 Å². The Hall–Kier alpha value is -2.75. The predicted molar refractivity (Wildman–Crippen MR) is 75.1 cm³/mol. The number of Topliss-reactive ketones (excluding diaryl/α,β-unsaturated/α-hetero) is 1. The van der Waals surface area contributed by atoms with E-state index in [1.807, 2.05) is 12.1 Å². The molecule has 4 nitrogen and oxygen atoms in total. The van der Waals surface area contributed by atoms with E-state index >= 15 is 0 Å². The topological polar surface area (TPSA) is 67.3 Å². The molecule has 1 aromatic carbocycles. The zero-order chi connectivity index (χ0) is 14.1. The van der Waals surface area contributed by atoms with Crippen molar-refractivity contribution in [3.05, 3.63) is 59.8 Å². The second-order valence-electron chi connectivity index (χ2n) is 4.50. The van der Waals surface area contributed by atoms with Crippen LogP contribution in [-0.4, -0.2) is 21.8 Å². The van der Waals surface area contributed by atoms with Gasteiger partial charge in [0.1, 0.15) is 0 Å². The molecule has 2 aromatic rings. The molecule has 1 heterocycles. The van der Waals surface area contributed by atoms with Gasteiger partial charge in [-0.1, -0.05) is 36.4 Å². The summed E-state index contributed by atoms with van der Waals surface area (Å²) in [4.78, 5) is 27.8. The number of ketones is 1. The van der Waals surface area contributed by atoms with E-state index in [1.54, 1.807) is 30.5 Å². The predicted octanol–water partition coefficient (Wildman–Crippen LogP) is 2.60. The van der Waals surface area contributed by atoms with Crippen LogP contribution in [0.4, 0.5) is 0 Å². The summed E-state index contributed by atoms with van der Waals surface area (Å²) in [5, 5.41) is 10.2. The first-order valence-electron chi connectivity index (χ1n) is 6.20. The number of carbonyl (C=O) groups is 2. The first-order chi connectivity index (χ1) is 9.68. The number of allylic oxidation sites excluding steroid dienone is 2. The van der Waals surface area contributed by atoms with E-state index in [1.165, 1.54) is 6.08 Å². The van der Waals surface area contributed by atoms with Crippen LogP contribution in [0.3, 0.4) is 0 Å². The minimum absolute atomic E-state index is 0.0272. The van der Waals surface area contributed by atoms with E-state index < -0.39 is 5.97 Å². The third-order valence-corrected chi connectivity index (χ3v) is 3.27. The molecule has 98 valence electrons. The summed E-state index contributed by atoms with van der Waals surface area (Å²) in [6.07, 6.45) is 4.92. The van der Waals surface area contributed by atoms with Gasteiger partial charge in [0.2, 0.25) is 0 Å². The fourth-order valence-electron chi connectivity index (χ4n) is 2.40. The third kappa shape index (κ3) is 1.91. The second-order valence-corrected chi connectivity index (χ2v) is 4.50. The smallest absolute Gasteiger partial charge is 0.336 e. The summed E-state index contributed by atoms with van der Waals surface area (Å²) in [6.45, 7) is 0. The van der Waals surface area contributed by atoms with Crippen LogP contribution >= 0.6 is 0 Å². The van der Waals surface area contributed by atoms with Crippen LogP contribution in [0.15, 0.2) is 54.3 Å². The van der Waals surface area contributed by atoms with Gasteiger partial charge in [-0.2, -0.15) is 0 Å². The number of aliphatic carboxylic acids is 1. The van der Waals surface area contributed by atoms with Crippen molar-refractivity contribution in [3.63, 3.8) is 0 Å². The first kappa shape index (κ1) is 12.3. The Morgan fingerprint density at radius 2 is 2.00 bits per heavy atom. The monoisotopic (exact) mass is 265 g/mol. The van der Waals surface area contributed by atoms with Gasteiger partial charge in [-0.3, -0.25) is 9.78 Å². The van der Waals surface area contributed by atoms with Crippen molar-refractivity contribution in [2.75, 3.05) is 0 Å². The number of pyridine rings is 1. The molecular formula is C16H11NO3. The SMILES string of the molecule is O=C(O)C1=C(c2cccc3cccnc23)C(=O)CC=C1. The van der Waals surface area contributed by atoms with Gasteiger partial charge in [0.15, 0.2) is 5.78 Å². The molecule has 1 aliphatic rings. The average Bonchev–Trinajstić information content (AvgIpc) is 2.46. The summed E-state index contributed by atoms with van der Waals surface area (Å²) in [5.74, 6) is -1.29. The Balaban J connectivity index is 2.36. The molecular weight excluding hydrogens is 254 g/mol. The minimum atomic E-state index is -1.10. The van der Waals surface area contributed by atoms with Crippen LogP contribution < -0.4 is 0 Å². The summed E-state index contributed by atoms with van der Waals surface area (Å²) >= 11 is 0. The van der Waals surface area contributed by atoms with Gasteiger partial charge in [0.05, 0.1) is 11.1 Å². The van der Waals surface area contributed by atoms with Crippen molar-refractivity contribution < 1.29 is 14.7 Å². The summed E-state index contributed by atoms with van der Waals surface area (Å²) in [6, 6.07) is 9.12. The van der Waals surface area contributed by atoms with Crippen LogP contribution in [0.25, 0.3) is 16.5 Å². The van der Waals surface area contributed by atoms with Gasteiger partial charge in [-0.25, -0.2) is 4.79 Å². The molecule has 0 amide bonds. The quantitative estimate of drug-likeness (QED) is 0.906. The number of para-hydroxylation sites is 1. The summed E-state index contributed by atoms with van der Waals surface area (Å²) < 4.78 is 0. The molecule has 20 heavy (non-hydrogen) atoms. The van der Waals surface area contributed by atoms with E-state index in [2.05, 4.69) is 4.98 Å². The Bertz CT molecular complexity index is 782. The number of hydrogen-bond donors (Lipinski definition) is 1. The Morgan fingerprint density at radius 3 is 2.80 bits per heavy atom. The van der Waals surface area contributed by atoms with Gasteiger partial charge in [-0.05, 0) is 6.07 Å². The lowest BCUT2D eigenvalue weighted by Crippen LogP contribution is -2.13. The maximum Gasteiger partial charge on any atom is 0.336 e. The van der Waals surface area contributed by atoms with Gasteiger partial charge < -0.3 is 5.11 Å². The first-order valence-corrected chi connectivity index (χ1v) is 6.20. The number of aromatic nitrogens is 1. The Kier molecular flexibility index (Phi) is 2.91. The fraction of sp³-hybridized carbons (Fsp3) is 0.0625. The lowest BCUT2D eigenvalue weighted by atomic mass is 9.89. The Labute approximate surface area is 115 Å². The molecule has 0 unspecified atom stereocenters. The van der Waals surface area contributed by atoms with Crippen molar-refractivity contribution in [2.24, 2.45) is 0 Å². The molecule has 0 radical (unpaired) electrons. The standard InChI is InChI=1S/C16H11NO3/c18-13-8-2-7-12(16(19)20)14(13)11-6-1-4-10-5-3-9-17-15(10)11/h1-7,9H,8H2,(H,19,20). The van der Waals surface area contributed by atoms with E-state index in [-0.39, 0.29) is 23.4 Å². The highest BCUT2D eigenvalue weighted by atomic mass is 16.4. The molecule has 1 N–H and O–H groups in total. The number of hydrogen-bond acceptors (Lipinski definition) is 3. The molecule has 1 aromatic heterocycles. The molecule has 0 atom stereocenters. The highest BCUT2D eigenvalue weighted by molar-refractivity contribution is 6.30. The second kappa shape index (κ2) is 4.74. The molecule has 1 aliphatic carbocycles. The van der Waals surface area contributed by atoms with Crippen molar-refractivity contribution in [3.8, 4) is 0 Å². The van der Waals surface area contributed by atoms with E-state index in [0.29, 0.717) is 11.1 Å². The lowest BCUT2D eigenvalue weighted by Gasteiger charge is -2.14. The number of fused-ring (bicyclic) bond motifs is 1. The molecule has 0 aliphatic heterocycles. The van der Waals surface area contributed by atoms with Gasteiger partial charge in [0.25, 0.3) is 0 Å². The molecule has 0 saturated carbocycles. The third-order valence-electron chi connectivity index (χ3n) is 3.27. The fourth-order valence-corrected chi connectivity index (χ4v) is 2.40. The van der Waals surface area contributed by atoms with Crippen molar-refractivity contribution in [1.82, 2.24) is 4.98 Å². The number of nitrogens with zero attached hydrogens (tertiary/aromatic N) is 1. The van der Waals surface area contributed by atoms with Gasteiger partial charge >= 0.3 is 5.97 Å². The van der Waals surface area contributed by atoms with Crippen molar-refractivity contribution in [2.45, 2.75) is 6.42 Å². The van der Waals surface area contributed by atoms with Crippen molar-refractivity contribution in [1.29, 1.82) is 0 Å². The molecule has 3 rings (SSSR count). The number of carboxylic acids is 1. The molecule has 0 spiro atoms. The molecule has 4 heteroatoms. The highest BCUT2D eigenvalue weighted by Crippen LogP contribution is 2.30. The number of carbonyl (C=O) groups excluding carboxylic acids is 1. The summed E-state index contributed by atoms with van der Waals surface area (Å²) in [5.41, 5.74) is 1.49. The Morgan fingerprint density at radius 1 is 1.20 bits per heavy atom. The zero-order valence-electron chi connectivity index (χ0n) is 10.5. The maximum absolute atomic E-state index is 12.2. The lowest BCUT2D eigenvalue weighted by molar-refractivity contribution is -0.132. The zero-order valence-corrected chi connectivity index (χ0v) is 10.5. The van der Waals surface area contributed by atoms with Crippen LogP contribution in [0.2, 0.25) is 0 Å². The van der Waals surface area contributed by atoms with Crippen LogP contribution in [0, 0.1) is 0 Å². The van der Waals surface area contributed by atoms with Gasteiger partial charge in [-0.15, -0.1) is 0 Å². The highest BCUT2D eigenvalue weighted by Gasteiger charge is 2.24. The van der Waals surface area contributed by atoms with Crippen molar-refractivity contribution >= 4 is 28.2 Å². The normalized spacial score (nSPS) is 14.9. The number of carboxylic acid groups (broad SMARTS) is 1. The van der Waals surface area contributed by atoms with Crippen LogP contribution in [-0.2, 0) is 9.59 Å². The molecule has 0 fully saturated rings. The molecule has 0 bridgehead atoms. The van der Waals surface area contributed by atoms with Crippen LogP contribution in [0.5, 0.6) is 0 Å². The molecule has 0 saturated heterocycles. The van der Waals surface area contributed by atoms with E-state index in [9.17, 15) is 14.7 Å². The largest absolute Gasteiger partial charge is 0.478 e. The van der Waals surface area contributed by atoms with E-state index in [4.69, 9.17) is 0 Å².